The number of nitro benzene ring substituents is 1. The summed E-state index contributed by atoms with van der Waals surface area (Å²) in [6, 6.07) is 2.86. The second-order valence-corrected chi connectivity index (χ2v) is 4.72. The molecule has 112 valence electrons. The Bertz CT molecular complexity index is 662. The van der Waals surface area contributed by atoms with Crippen LogP contribution >= 0.6 is 0 Å². The van der Waals surface area contributed by atoms with Crippen LogP contribution in [0, 0.1) is 24.0 Å². The van der Waals surface area contributed by atoms with Crippen molar-refractivity contribution in [3.8, 4) is 0 Å². The number of aliphatic carboxylic acids is 1. The summed E-state index contributed by atoms with van der Waals surface area (Å²) in [5, 5.41) is 22.3. The lowest BCUT2D eigenvalue weighted by molar-refractivity contribution is -0.385. The summed E-state index contributed by atoms with van der Waals surface area (Å²) in [7, 11) is 0. The Morgan fingerprint density at radius 2 is 1.71 bits per heavy atom. The second kappa shape index (κ2) is 6.17. The molecule has 0 aliphatic rings. The topological polar surface area (TPSA) is 110 Å². The highest BCUT2D eigenvalue weighted by molar-refractivity contribution is 6.08. The molecule has 1 aromatic rings. The van der Waals surface area contributed by atoms with E-state index >= 15 is 0 Å². The minimum absolute atomic E-state index is 0.0464. The average Bonchev–Trinajstić information content (AvgIpc) is 2.39. The van der Waals surface area contributed by atoms with Gasteiger partial charge in [-0.3, -0.25) is 14.9 Å². The van der Waals surface area contributed by atoms with Crippen molar-refractivity contribution < 1.29 is 19.6 Å². The minimum Gasteiger partial charge on any atom is -0.478 e. The summed E-state index contributed by atoms with van der Waals surface area (Å²) in [5.41, 5.74) is 1.30. The Kier molecular flexibility index (Phi) is 4.80. The van der Waals surface area contributed by atoms with Crippen LogP contribution in [0.3, 0.4) is 0 Å². The molecule has 0 fully saturated rings. The maximum Gasteiger partial charge on any atom is 0.331 e. The Morgan fingerprint density at radius 3 is 2.19 bits per heavy atom. The van der Waals surface area contributed by atoms with Crippen molar-refractivity contribution >= 4 is 23.3 Å². The fraction of sp³-hybridized carbons (Fsp3) is 0.286. The van der Waals surface area contributed by atoms with Crippen molar-refractivity contribution in [2.45, 2.75) is 27.7 Å². The van der Waals surface area contributed by atoms with E-state index in [1.165, 1.54) is 19.9 Å². The molecule has 0 aliphatic carbocycles. The van der Waals surface area contributed by atoms with Gasteiger partial charge in [0.1, 0.15) is 0 Å². The van der Waals surface area contributed by atoms with Crippen molar-refractivity contribution in [3.63, 3.8) is 0 Å². The lowest BCUT2D eigenvalue weighted by Crippen LogP contribution is -2.17. The molecule has 0 aliphatic heterocycles. The number of nitrogens with zero attached hydrogens (tertiary/aromatic N) is 1. The first-order chi connectivity index (χ1) is 9.65. The fourth-order valence-corrected chi connectivity index (χ4v) is 1.72. The van der Waals surface area contributed by atoms with Gasteiger partial charge >= 0.3 is 5.97 Å². The Balaban J connectivity index is 3.17. The number of rotatable bonds is 4. The molecule has 0 aromatic heterocycles. The number of nitro groups is 1. The molecule has 0 saturated heterocycles. The zero-order valence-electron chi connectivity index (χ0n) is 12.2. The number of nitrogens with one attached hydrogen (secondary N) is 1. The number of hydrogen-bond acceptors (Lipinski definition) is 4. The molecule has 1 aromatic carbocycles. The van der Waals surface area contributed by atoms with Gasteiger partial charge in [-0.25, -0.2) is 4.79 Å². The van der Waals surface area contributed by atoms with Crippen LogP contribution < -0.4 is 5.32 Å². The van der Waals surface area contributed by atoms with Gasteiger partial charge in [-0.15, -0.1) is 0 Å². The van der Waals surface area contributed by atoms with Crippen LogP contribution in [0.2, 0.25) is 0 Å². The third-order valence-electron chi connectivity index (χ3n) is 3.21. The van der Waals surface area contributed by atoms with Crippen LogP contribution in [-0.4, -0.2) is 21.9 Å². The molecule has 0 spiro atoms. The number of carbonyl (C=O) groups is 2. The highest BCUT2D eigenvalue weighted by Gasteiger charge is 2.17. The lowest BCUT2D eigenvalue weighted by atomic mass is 10.1. The van der Waals surface area contributed by atoms with Crippen LogP contribution in [0.1, 0.15) is 25.0 Å². The average molecular weight is 292 g/mol. The molecule has 1 rings (SSSR count). The fourth-order valence-electron chi connectivity index (χ4n) is 1.72. The molecule has 7 nitrogen and oxygen atoms in total. The monoisotopic (exact) mass is 292 g/mol. The quantitative estimate of drug-likeness (QED) is 0.503. The standard InChI is InChI=1S/C14H16N2O5/c1-7-5-8(2)12(16(20)21)6-11(7)15-13(17)9(3)10(4)14(18)19/h5-6H,1-4H3,(H,15,17)(H,18,19)/b10-9+. The molecule has 0 atom stereocenters. The van der Waals surface area contributed by atoms with Gasteiger partial charge in [0, 0.05) is 22.8 Å². The first-order valence-corrected chi connectivity index (χ1v) is 6.13. The minimum atomic E-state index is -1.19. The van der Waals surface area contributed by atoms with E-state index in [1.54, 1.807) is 19.9 Å². The summed E-state index contributed by atoms with van der Waals surface area (Å²) in [6.45, 7) is 6.02. The highest BCUT2D eigenvalue weighted by Crippen LogP contribution is 2.26. The van der Waals surface area contributed by atoms with Crippen molar-refractivity contribution in [1.29, 1.82) is 0 Å². The maximum absolute atomic E-state index is 12.0. The van der Waals surface area contributed by atoms with Crippen LogP contribution in [0.5, 0.6) is 0 Å². The van der Waals surface area contributed by atoms with E-state index in [2.05, 4.69) is 5.32 Å². The van der Waals surface area contributed by atoms with E-state index in [-0.39, 0.29) is 22.5 Å². The van der Waals surface area contributed by atoms with E-state index in [0.717, 1.165) is 0 Å². The molecule has 2 N–H and O–H groups in total. The van der Waals surface area contributed by atoms with Gasteiger partial charge in [0.15, 0.2) is 0 Å². The van der Waals surface area contributed by atoms with E-state index in [0.29, 0.717) is 11.1 Å². The normalized spacial score (nSPS) is 11.6. The molecular weight excluding hydrogens is 276 g/mol. The summed E-state index contributed by atoms with van der Waals surface area (Å²) < 4.78 is 0. The number of amides is 1. The number of hydrogen-bond donors (Lipinski definition) is 2. The zero-order chi connectivity index (χ0) is 16.3. The molecule has 1 amide bonds. The van der Waals surface area contributed by atoms with E-state index < -0.39 is 16.8 Å². The number of benzene rings is 1. The molecular formula is C14H16N2O5. The third kappa shape index (κ3) is 3.65. The van der Waals surface area contributed by atoms with Gasteiger partial charge in [0.25, 0.3) is 11.6 Å². The molecule has 0 saturated carbocycles. The van der Waals surface area contributed by atoms with Gasteiger partial charge in [-0.2, -0.15) is 0 Å². The van der Waals surface area contributed by atoms with Crippen molar-refractivity contribution in [2.75, 3.05) is 5.32 Å². The summed E-state index contributed by atoms with van der Waals surface area (Å²) in [4.78, 5) is 33.2. The van der Waals surface area contributed by atoms with Crippen molar-refractivity contribution in [2.24, 2.45) is 0 Å². The van der Waals surface area contributed by atoms with Gasteiger partial charge in [0.05, 0.1) is 10.6 Å². The zero-order valence-corrected chi connectivity index (χ0v) is 12.2. The smallest absolute Gasteiger partial charge is 0.331 e. The predicted octanol–water partition coefficient (Wildman–Crippen LogP) is 2.57. The number of aryl methyl sites for hydroxylation is 2. The van der Waals surface area contributed by atoms with Gasteiger partial charge in [0.2, 0.25) is 0 Å². The first-order valence-electron chi connectivity index (χ1n) is 6.13. The number of carbonyl (C=O) groups excluding carboxylic acids is 1. The molecule has 0 heterocycles. The van der Waals surface area contributed by atoms with Crippen molar-refractivity contribution in [1.82, 2.24) is 0 Å². The summed E-state index contributed by atoms with van der Waals surface area (Å²) in [6.07, 6.45) is 0. The van der Waals surface area contributed by atoms with Gasteiger partial charge < -0.3 is 10.4 Å². The van der Waals surface area contributed by atoms with E-state index in [1.807, 2.05) is 0 Å². The molecule has 0 unspecified atom stereocenters. The van der Waals surface area contributed by atoms with Crippen LogP contribution in [0.15, 0.2) is 23.3 Å². The Hall–Kier alpha value is -2.70. The Labute approximate surface area is 121 Å². The van der Waals surface area contributed by atoms with Gasteiger partial charge in [-0.1, -0.05) is 0 Å². The first kappa shape index (κ1) is 16.4. The van der Waals surface area contributed by atoms with E-state index in [9.17, 15) is 19.7 Å². The summed E-state index contributed by atoms with van der Waals surface area (Å²) >= 11 is 0. The number of carboxylic acids is 1. The maximum atomic E-state index is 12.0. The molecule has 7 heteroatoms. The van der Waals surface area contributed by atoms with Crippen LogP contribution in [-0.2, 0) is 9.59 Å². The third-order valence-corrected chi connectivity index (χ3v) is 3.21. The SMILES string of the molecule is C/C(C(=O)O)=C(/C)C(=O)Nc1cc([N+](=O)[O-])c(C)cc1C. The number of anilines is 1. The molecule has 21 heavy (non-hydrogen) atoms. The molecule has 0 bridgehead atoms. The van der Waals surface area contributed by atoms with Crippen LogP contribution in [0.4, 0.5) is 11.4 Å². The largest absolute Gasteiger partial charge is 0.478 e. The van der Waals surface area contributed by atoms with Crippen molar-refractivity contribution in [3.05, 3.63) is 44.5 Å². The number of carboxylic acid groups (broad SMARTS) is 1. The second-order valence-electron chi connectivity index (χ2n) is 4.72. The summed E-state index contributed by atoms with van der Waals surface area (Å²) in [5.74, 6) is -1.79. The van der Waals surface area contributed by atoms with E-state index in [4.69, 9.17) is 5.11 Å². The van der Waals surface area contributed by atoms with Crippen LogP contribution in [0.25, 0.3) is 0 Å². The highest BCUT2D eigenvalue weighted by atomic mass is 16.6. The predicted molar refractivity (Wildman–Crippen MR) is 77.2 cm³/mol. The van der Waals surface area contributed by atoms with Gasteiger partial charge in [-0.05, 0) is 39.3 Å². The molecule has 0 radical (unpaired) electrons. The lowest BCUT2D eigenvalue weighted by Gasteiger charge is -2.10. The Morgan fingerprint density at radius 1 is 1.14 bits per heavy atom.